The Bertz CT molecular complexity index is 495. The van der Waals surface area contributed by atoms with Crippen LogP contribution in [0, 0.1) is 5.82 Å². The number of carbonyl (C=O) groups is 1. The highest BCUT2D eigenvalue weighted by Crippen LogP contribution is 2.20. The lowest BCUT2D eigenvalue weighted by molar-refractivity contribution is -0.121. The summed E-state index contributed by atoms with van der Waals surface area (Å²) in [6.07, 6.45) is 1.27. The van der Waals surface area contributed by atoms with Crippen molar-refractivity contribution in [2.24, 2.45) is 0 Å². The second-order valence-corrected chi connectivity index (χ2v) is 5.19. The molecule has 6 heteroatoms. The van der Waals surface area contributed by atoms with Crippen molar-refractivity contribution < 1.29 is 14.3 Å². The molecule has 1 aliphatic heterocycles. The first-order chi connectivity index (χ1) is 9.47. The van der Waals surface area contributed by atoms with Crippen LogP contribution in [0.4, 0.5) is 15.8 Å². The van der Waals surface area contributed by atoms with Crippen LogP contribution < -0.4 is 11.1 Å². The fourth-order valence-corrected chi connectivity index (χ4v) is 2.39. The monoisotopic (exact) mass is 281 g/mol. The van der Waals surface area contributed by atoms with Crippen LogP contribution in [-0.4, -0.2) is 41.1 Å². The summed E-state index contributed by atoms with van der Waals surface area (Å²) >= 11 is 0. The fraction of sp³-hybridized carbons (Fsp3) is 0.500. The molecule has 1 heterocycles. The zero-order valence-electron chi connectivity index (χ0n) is 11.5. The summed E-state index contributed by atoms with van der Waals surface area (Å²) in [5, 5.41) is 12.3. The van der Waals surface area contributed by atoms with E-state index in [-0.39, 0.29) is 23.7 Å². The quantitative estimate of drug-likeness (QED) is 0.727. The molecule has 0 aliphatic carbocycles. The molecule has 4 N–H and O–H groups in total. The number of hydrogen-bond acceptors (Lipinski definition) is 4. The molecule has 0 aromatic heterocycles. The van der Waals surface area contributed by atoms with E-state index >= 15 is 0 Å². The Morgan fingerprint density at radius 3 is 3.00 bits per heavy atom. The van der Waals surface area contributed by atoms with Gasteiger partial charge in [0.25, 0.3) is 0 Å². The highest BCUT2D eigenvalue weighted by molar-refractivity contribution is 5.97. The summed E-state index contributed by atoms with van der Waals surface area (Å²) in [6, 6.07) is 3.50. The lowest BCUT2D eigenvalue weighted by Crippen LogP contribution is -2.48. The number of halogens is 1. The molecule has 1 aromatic carbocycles. The number of aliphatic hydroxyl groups is 1. The van der Waals surface area contributed by atoms with Crippen LogP contribution >= 0.6 is 0 Å². The van der Waals surface area contributed by atoms with Crippen molar-refractivity contribution in [3.8, 4) is 0 Å². The lowest BCUT2D eigenvalue weighted by atomic mass is 10.1. The number of aliphatic hydroxyl groups excluding tert-OH is 1. The van der Waals surface area contributed by atoms with E-state index < -0.39 is 5.82 Å². The highest BCUT2D eigenvalue weighted by Gasteiger charge is 2.26. The van der Waals surface area contributed by atoms with Gasteiger partial charge >= 0.3 is 0 Å². The summed E-state index contributed by atoms with van der Waals surface area (Å²) in [5.74, 6) is -0.648. The van der Waals surface area contributed by atoms with E-state index in [2.05, 4.69) is 5.32 Å². The number of nitrogens with one attached hydrogen (secondary N) is 1. The van der Waals surface area contributed by atoms with Crippen LogP contribution in [0.15, 0.2) is 18.2 Å². The number of nitrogens with zero attached hydrogens (tertiary/aromatic N) is 1. The van der Waals surface area contributed by atoms with Gasteiger partial charge in [-0.3, -0.25) is 9.69 Å². The van der Waals surface area contributed by atoms with Gasteiger partial charge < -0.3 is 16.2 Å². The standard InChI is InChI=1S/C14H20FN3O2/c1-9(18-6-2-3-11(19)8-18)14(20)17-13-5-4-10(15)7-12(13)16/h4-5,7,9,11,19H,2-3,6,8,16H2,1H3,(H,17,20). The molecule has 0 bridgehead atoms. The third-order valence-electron chi connectivity index (χ3n) is 3.63. The van der Waals surface area contributed by atoms with E-state index in [9.17, 15) is 14.3 Å². The molecular formula is C14H20FN3O2. The van der Waals surface area contributed by atoms with Gasteiger partial charge in [-0.15, -0.1) is 0 Å². The maximum absolute atomic E-state index is 12.9. The summed E-state index contributed by atoms with van der Waals surface area (Å²) in [6.45, 7) is 3.06. The number of nitrogens with two attached hydrogens (primary N) is 1. The number of piperidine rings is 1. The van der Waals surface area contributed by atoms with Crippen LogP contribution in [0.3, 0.4) is 0 Å². The third-order valence-corrected chi connectivity index (χ3v) is 3.63. The first-order valence-electron chi connectivity index (χ1n) is 6.75. The summed E-state index contributed by atoms with van der Waals surface area (Å²) in [4.78, 5) is 14.1. The average molecular weight is 281 g/mol. The minimum atomic E-state index is -0.437. The minimum Gasteiger partial charge on any atom is -0.397 e. The zero-order chi connectivity index (χ0) is 14.7. The van der Waals surface area contributed by atoms with Gasteiger partial charge in [0.1, 0.15) is 5.82 Å². The highest BCUT2D eigenvalue weighted by atomic mass is 19.1. The molecule has 1 amide bonds. The number of β-amino-alcohol motifs (C(OH)–C–C–N with tert-alkyl or cyclic N) is 1. The van der Waals surface area contributed by atoms with Crippen molar-refractivity contribution in [3.05, 3.63) is 24.0 Å². The molecule has 1 aliphatic rings. The van der Waals surface area contributed by atoms with Crippen molar-refractivity contribution in [1.82, 2.24) is 4.90 Å². The number of likely N-dealkylation sites (tertiary alicyclic amines) is 1. The molecule has 1 aromatic rings. The number of carbonyl (C=O) groups excluding carboxylic acids is 1. The van der Waals surface area contributed by atoms with Crippen LogP contribution in [0.2, 0.25) is 0 Å². The van der Waals surface area contributed by atoms with Crippen LogP contribution in [0.5, 0.6) is 0 Å². The Balaban J connectivity index is 2.00. The number of rotatable bonds is 3. The van der Waals surface area contributed by atoms with Gasteiger partial charge in [0.15, 0.2) is 0 Å². The zero-order valence-corrected chi connectivity index (χ0v) is 11.5. The molecule has 0 saturated carbocycles. The molecule has 2 unspecified atom stereocenters. The minimum absolute atomic E-state index is 0.198. The fourth-order valence-electron chi connectivity index (χ4n) is 2.39. The van der Waals surface area contributed by atoms with Gasteiger partial charge in [-0.25, -0.2) is 4.39 Å². The Morgan fingerprint density at radius 2 is 2.35 bits per heavy atom. The van der Waals surface area contributed by atoms with E-state index in [1.807, 2.05) is 4.90 Å². The van der Waals surface area contributed by atoms with Crippen LogP contribution in [0.1, 0.15) is 19.8 Å². The summed E-state index contributed by atoms with van der Waals surface area (Å²) in [7, 11) is 0. The molecule has 0 radical (unpaired) electrons. The maximum atomic E-state index is 12.9. The molecule has 5 nitrogen and oxygen atoms in total. The molecular weight excluding hydrogens is 261 g/mol. The van der Waals surface area contributed by atoms with Crippen molar-refractivity contribution in [2.45, 2.75) is 31.9 Å². The van der Waals surface area contributed by atoms with Crippen LogP contribution in [0.25, 0.3) is 0 Å². The third kappa shape index (κ3) is 3.46. The predicted octanol–water partition coefficient (Wildman–Crippen LogP) is 1.19. The van der Waals surface area contributed by atoms with Gasteiger partial charge in [0.2, 0.25) is 5.91 Å². The number of hydrogen-bond donors (Lipinski definition) is 3. The normalized spacial score (nSPS) is 21.4. The second-order valence-electron chi connectivity index (χ2n) is 5.19. The van der Waals surface area contributed by atoms with Crippen molar-refractivity contribution in [2.75, 3.05) is 24.1 Å². The molecule has 1 fully saturated rings. The van der Waals surface area contributed by atoms with E-state index in [1.54, 1.807) is 6.92 Å². The molecule has 2 rings (SSSR count). The van der Waals surface area contributed by atoms with E-state index in [4.69, 9.17) is 5.73 Å². The average Bonchev–Trinajstić information content (AvgIpc) is 2.41. The van der Waals surface area contributed by atoms with Crippen molar-refractivity contribution >= 4 is 17.3 Å². The second kappa shape index (κ2) is 6.19. The van der Waals surface area contributed by atoms with Crippen LogP contribution in [-0.2, 0) is 4.79 Å². The first-order valence-corrected chi connectivity index (χ1v) is 6.75. The van der Waals surface area contributed by atoms with Gasteiger partial charge in [-0.2, -0.15) is 0 Å². The van der Waals surface area contributed by atoms with E-state index in [0.717, 1.165) is 19.4 Å². The summed E-state index contributed by atoms with van der Waals surface area (Å²) < 4.78 is 12.9. The number of benzene rings is 1. The molecule has 2 atom stereocenters. The molecule has 0 spiro atoms. The van der Waals surface area contributed by atoms with Crippen molar-refractivity contribution in [1.29, 1.82) is 0 Å². The maximum Gasteiger partial charge on any atom is 0.241 e. The molecule has 110 valence electrons. The van der Waals surface area contributed by atoms with Gasteiger partial charge in [-0.1, -0.05) is 0 Å². The van der Waals surface area contributed by atoms with E-state index in [1.165, 1.54) is 18.2 Å². The predicted molar refractivity (Wildman–Crippen MR) is 75.7 cm³/mol. The molecule has 20 heavy (non-hydrogen) atoms. The number of amides is 1. The smallest absolute Gasteiger partial charge is 0.241 e. The Labute approximate surface area is 117 Å². The van der Waals surface area contributed by atoms with Gasteiger partial charge in [0.05, 0.1) is 23.5 Å². The Morgan fingerprint density at radius 1 is 1.60 bits per heavy atom. The van der Waals surface area contributed by atoms with Crippen molar-refractivity contribution in [3.63, 3.8) is 0 Å². The lowest BCUT2D eigenvalue weighted by Gasteiger charge is -2.34. The first kappa shape index (κ1) is 14.7. The largest absolute Gasteiger partial charge is 0.397 e. The van der Waals surface area contributed by atoms with Gasteiger partial charge in [-0.05, 0) is 44.5 Å². The topological polar surface area (TPSA) is 78.6 Å². The molecule has 1 saturated heterocycles. The SMILES string of the molecule is CC(C(=O)Nc1ccc(F)cc1N)N1CCCC(O)C1. The summed E-state index contributed by atoms with van der Waals surface area (Å²) in [5.41, 5.74) is 6.26. The Hall–Kier alpha value is -1.66. The Kier molecular flexibility index (Phi) is 4.57. The number of nitrogen functional groups attached to an aromatic ring is 1. The number of anilines is 2. The van der Waals surface area contributed by atoms with E-state index in [0.29, 0.717) is 12.2 Å². The van der Waals surface area contributed by atoms with Gasteiger partial charge in [0, 0.05) is 6.54 Å².